The van der Waals surface area contributed by atoms with Gasteiger partial charge >= 0.3 is 5.69 Å². The summed E-state index contributed by atoms with van der Waals surface area (Å²) in [6, 6.07) is 3.04. The molecule has 0 fully saturated rings. The van der Waals surface area contributed by atoms with Crippen LogP contribution in [0, 0.1) is 15.9 Å². The van der Waals surface area contributed by atoms with Crippen molar-refractivity contribution in [3.8, 4) is 0 Å². The first kappa shape index (κ1) is 15.5. The van der Waals surface area contributed by atoms with E-state index < -0.39 is 37.6 Å². The summed E-state index contributed by atoms with van der Waals surface area (Å²) in [6.07, 6.45) is 0. The molecule has 0 aliphatic carbocycles. The number of nitrogens with two attached hydrogens (primary N) is 1. The zero-order chi connectivity index (χ0) is 14.8. The summed E-state index contributed by atoms with van der Waals surface area (Å²) in [5.41, 5.74) is 4.22. The molecule has 0 amide bonds. The summed E-state index contributed by atoms with van der Waals surface area (Å²) in [5.74, 6) is -1.70. The number of nitrogens with zero attached hydrogens (tertiary/aromatic N) is 1. The quantitative estimate of drug-likeness (QED) is 0.652. The molecule has 0 radical (unpaired) electrons. The van der Waals surface area contributed by atoms with Gasteiger partial charge in [0.2, 0.25) is 5.82 Å². The summed E-state index contributed by atoms with van der Waals surface area (Å²) in [4.78, 5) is 9.57. The van der Waals surface area contributed by atoms with E-state index in [2.05, 4.69) is 0 Å². The van der Waals surface area contributed by atoms with Crippen LogP contribution < -0.4 is 5.73 Å². The van der Waals surface area contributed by atoms with E-state index in [0.717, 1.165) is 12.1 Å². The second kappa shape index (κ2) is 5.22. The van der Waals surface area contributed by atoms with Crippen molar-refractivity contribution >= 4 is 15.5 Å². The third-order valence-electron chi connectivity index (χ3n) is 2.19. The number of nitro benzene ring substituents is 1. The summed E-state index contributed by atoms with van der Waals surface area (Å²) in [6.45, 7) is 3.14. The van der Waals surface area contributed by atoms with Crippen molar-refractivity contribution < 1.29 is 17.7 Å². The summed E-state index contributed by atoms with van der Waals surface area (Å²) in [5, 5.41) is 10.4. The molecule has 19 heavy (non-hydrogen) atoms. The number of hydrogen-bond donors (Lipinski definition) is 1. The van der Waals surface area contributed by atoms with Crippen LogP contribution in [-0.2, 0) is 15.6 Å². The normalized spacial score (nSPS) is 12.4. The third-order valence-corrected chi connectivity index (χ3v) is 4.14. The average molecular weight is 290 g/mol. The van der Waals surface area contributed by atoms with Gasteiger partial charge in [0.1, 0.15) is 0 Å². The van der Waals surface area contributed by atoms with E-state index in [0.29, 0.717) is 0 Å². The molecule has 106 valence electrons. The van der Waals surface area contributed by atoms with Gasteiger partial charge in [-0.2, -0.15) is 4.39 Å². The van der Waals surface area contributed by atoms with E-state index in [-0.39, 0.29) is 11.3 Å². The third kappa shape index (κ3) is 4.92. The Morgan fingerprint density at radius 3 is 2.42 bits per heavy atom. The molecule has 0 unspecified atom stereocenters. The van der Waals surface area contributed by atoms with Crippen LogP contribution in [0.1, 0.15) is 19.4 Å². The molecule has 0 spiro atoms. The van der Waals surface area contributed by atoms with Gasteiger partial charge in [-0.1, -0.05) is 6.07 Å². The highest BCUT2D eigenvalue weighted by Crippen LogP contribution is 2.20. The van der Waals surface area contributed by atoms with Crippen LogP contribution in [-0.4, -0.2) is 24.6 Å². The molecule has 0 heterocycles. The molecule has 0 bridgehead atoms. The number of halogens is 1. The predicted octanol–water partition coefficient (Wildman–Crippen LogP) is 1.39. The van der Waals surface area contributed by atoms with Crippen LogP contribution in [0.2, 0.25) is 0 Å². The largest absolute Gasteiger partial charge is 0.325 e. The topological polar surface area (TPSA) is 103 Å². The molecule has 0 atom stereocenters. The molecular weight excluding hydrogens is 275 g/mol. The predicted molar refractivity (Wildman–Crippen MR) is 68.8 cm³/mol. The van der Waals surface area contributed by atoms with Gasteiger partial charge in [0.25, 0.3) is 0 Å². The minimum absolute atomic E-state index is 0.160. The van der Waals surface area contributed by atoms with Gasteiger partial charge in [-0.25, -0.2) is 8.42 Å². The first-order valence-corrected chi connectivity index (χ1v) is 7.24. The minimum atomic E-state index is -3.50. The molecule has 0 aliphatic rings. The van der Waals surface area contributed by atoms with Gasteiger partial charge in [-0.3, -0.25) is 10.1 Å². The lowest BCUT2D eigenvalue weighted by molar-refractivity contribution is -0.387. The maximum Gasteiger partial charge on any atom is 0.304 e. The van der Waals surface area contributed by atoms with E-state index in [9.17, 15) is 22.9 Å². The molecule has 0 saturated heterocycles. The maximum atomic E-state index is 13.4. The van der Waals surface area contributed by atoms with Crippen LogP contribution in [0.3, 0.4) is 0 Å². The van der Waals surface area contributed by atoms with E-state index in [1.54, 1.807) is 13.8 Å². The van der Waals surface area contributed by atoms with Crippen LogP contribution in [0.25, 0.3) is 0 Å². The fraction of sp³-hybridized carbons (Fsp3) is 0.455. The van der Waals surface area contributed by atoms with Crippen molar-refractivity contribution in [1.82, 2.24) is 0 Å². The molecule has 0 saturated carbocycles. The van der Waals surface area contributed by atoms with E-state index >= 15 is 0 Å². The Labute approximate surface area is 110 Å². The van der Waals surface area contributed by atoms with Crippen molar-refractivity contribution in [2.45, 2.75) is 25.1 Å². The minimum Gasteiger partial charge on any atom is -0.325 e. The van der Waals surface area contributed by atoms with Gasteiger partial charge in [0.05, 0.1) is 16.4 Å². The SMILES string of the molecule is CC(C)(N)CS(=O)(=O)Cc1ccc([N+](=O)[O-])c(F)c1. The first-order chi connectivity index (χ1) is 8.50. The fourth-order valence-electron chi connectivity index (χ4n) is 1.66. The van der Waals surface area contributed by atoms with E-state index in [4.69, 9.17) is 5.73 Å². The van der Waals surface area contributed by atoms with Gasteiger partial charge in [-0.05, 0) is 25.5 Å². The lowest BCUT2D eigenvalue weighted by atomic mass is 10.1. The smallest absolute Gasteiger partial charge is 0.304 e. The molecule has 2 N–H and O–H groups in total. The summed E-state index contributed by atoms with van der Waals surface area (Å²) in [7, 11) is -3.50. The average Bonchev–Trinajstić information content (AvgIpc) is 2.11. The lowest BCUT2D eigenvalue weighted by Crippen LogP contribution is -2.40. The van der Waals surface area contributed by atoms with Crippen LogP contribution in [0.15, 0.2) is 18.2 Å². The van der Waals surface area contributed by atoms with Crippen LogP contribution in [0.4, 0.5) is 10.1 Å². The van der Waals surface area contributed by atoms with Gasteiger partial charge in [0, 0.05) is 11.6 Å². The Hall–Kier alpha value is -1.54. The van der Waals surface area contributed by atoms with Crippen molar-refractivity contribution in [3.63, 3.8) is 0 Å². The van der Waals surface area contributed by atoms with Crippen LogP contribution >= 0.6 is 0 Å². The highest BCUT2D eigenvalue weighted by molar-refractivity contribution is 7.90. The monoisotopic (exact) mass is 290 g/mol. The number of hydrogen-bond acceptors (Lipinski definition) is 5. The van der Waals surface area contributed by atoms with Gasteiger partial charge in [-0.15, -0.1) is 0 Å². The molecule has 6 nitrogen and oxygen atoms in total. The first-order valence-electron chi connectivity index (χ1n) is 5.42. The maximum absolute atomic E-state index is 13.4. The Balaban J connectivity index is 2.95. The highest BCUT2D eigenvalue weighted by Gasteiger charge is 2.23. The Kier molecular flexibility index (Phi) is 4.26. The Morgan fingerprint density at radius 1 is 1.42 bits per heavy atom. The fourth-order valence-corrected chi connectivity index (χ4v) is 3.58. The number of rotatable bonds is 5. The van der Waals surface area contributed by atoms with E-state index in [1.165, 1.54) is 6.07 Å². The second-order valence-corrected chi connectivity index (χ2v) is 7.13. The number of benzene rings is 1. The number of nitro groups is 1. The lowest BCUT2D eigenvalue weighted by Gasteiger charge is -2.18. The molecule has 0 aliphatic heterocycles. The molecule has 1 rings (SSSR count). The van der Waals surface area contributed by atoms with Crippen molar-refractivity contribution in [2.24, 2.45) is 5.73 Å². The van der Waals surface area contributed by atoms with Gasteiger partial charge in [0.15, 0.2) is 9.84 Å². The molecule has 0 aromatic heterocycles. The molecule has 8 heteroatoms. The summed E-state index contributed by atoms with van der Waals surface area (Å²) >= 11 is 0. The number of sulfone groups is 1. The van der Waals surface area contributed by atoms with Crippen molar-refractivity contribution in [1.29, 1.82) is 0 Å². The standard InChI is InChI=1S/C11H15FN2O4S/c1-11(2,13)7-19(17,18)6-8-3-4-10(14(15)16)9(12)5-8/h3-5H,6-7,13H2,1-2H3. The van der Waals surface area contributed by atoms with Gasteiger partial charge < -0.3 is 5.73 Å². The molecule has 1 aromatic carbocycles. The van der Waals surface area contributed by atoms with Crippen molar-refractivity contribution in [2.75, 3.05) is 5.75 Å². The zero-order valence-electron chi connectivity index (χ0n) is 10.6. The molecular formula is C11H15FN2O4S. The summed E-state index contributed by atoms with van der Waals surface area (Å²) < 4.78 is 37.0. The highest BCUT2D eigenvalue weighted by atomic mass is 32.2. The second-order valence-electron chi connectivity index (χ2n) is 5.06. The van der Waals surface area contributed by atoms with Crippen molar-refractivity contribution in [3.05, 3.63) is 39.7 Å². The Morgan fingerprint density at radius 2 is 2.00 bits per heavy atom. The zero-order valence-corrected chi connectivity index (χ0v) is 11.4. The Bertz CT molecular complexity index is 593. The van der Waals surface area contributed by atoms with E-state index in [1.807, 2.05) is 0 Å². The van der Waals surface area contributed by atoms with Crippen LogP contribution in [0.5, 0.6) is 0 Å². The molecule has 1 aromatic rings.